The number of benzene rings is 2. The number of hydrogen-bond donors (Lipinski definition) is 1. The molecule has 4 nitrogen and oxygen atoms in total. The summed E-state index contributed by atoms with van der Waals surface area (Å²) in [5.74, 6) is -1.42. The molecule has 0 fully saturated rings. The van der Waals surface area contributed by atoms with Gasteiger partial charge >= 0.3 is 5.97 Å². The molecule has 0 heterocycles. The largest absolute Gasteiger partial charge is 0.380 e. The van der Waals surface area contributed by atoms with Gasteiger partial charge in [0, 0.05) is 10.6 Å². The van der Waals surface area contributed by atoms with E-state index in [0.29, 0.717) is 10.6 Å². The van der Waals surface area contributed by atoms with Gasteiger partial charge in [0.1, 0.15) is 5.82 Å². The van der Waals surface area contributed by atoms with E-state index in [1.165, 1.54) is 31.2 Å². The van der Waals surface area contributed by atoms with E-state index in [1.54, 1.807) is 12.1 Å². The lowest BCUT2D eigenvalue weighted by Gasteiger charge is -2.05. The van der Waals surface area contributed by atoms with Gasteiger partial charge in [-0.25, -0.2) is 9.18 Å². The lowest BCUT2D eigenvalue weighted by molar-refractivity contribution is 0.0514. The first kappa shape index (κ1) is 16.3. The molecule has 0 aliphatic heterocycles. The van der Waals surface area contributed by atoms with Gasteiger partial charge in [0.05, 0.1) is 10.6 Å². The number of nitrogens with zero attached hydrogens (tertiary/aromatic N) is 1. The second-order valence-electron chi connectivity index (χ2n) is 4.39. The highest BCUT2D eigenvalue weighted by Gasteiger charge is 2.14. The molecule has 0 aliphatic carbocycles. The van der Waals surface area contributed by atoms with Crippen molar-refractivity contribution in [2.75, 3.05) is 0 Å². The monoisotopic (exact) mass is 340 g/mol. The summed E-state index contributed by atoms with van der Waals surface area (Å²) in [6.45, 7) is 1.47. The fourth-order valence-corrected chi connectivity index (χ4v) is 2.22. The fraction of sp³-hybridized carbons (Fsp3) is 0.0667. The van der Waals surface area contributed by atoms with E-state index in [4.69, 9.17) is 33.8 Å². The lowest BCUT2D eigenvalue weighted by atomic mass is 10.1. The van der Waals surface area contributed by atoms with E-state index in [2.05, 4.69) is 5.16 Å². The van der Waals surface area contributed by atoms with Crippen molar-refractivity contribution in [3.05, 3.63) is 69.0 Å². The molecule has 0 saturated heterocycles. The van der Waals surface area contributed by atoms with Gasteiger partial charge in [-0.2, -0.15) is 0 Å². The first-order valence-electron chi connectivity index (χ1n) is 6.15. The lowest BCUT2D eigenvalue weighted by Crippen LogP contribution is -2.16. The number of amidine groups is 1. The van der Waals surface area contributed by atoms with Crippen LogP contribution in [-0.4, -0.2) is 11.8 Å². The molecule has 2 rings (SSSR count). The van der Waals surface area contributed by atoms with Crippen LogP contribution in [0, 0.1) is 12.7 Å². The average molecular weight is 341 g/mol. The molecule has 0 atom stereocenters. The maximum atomic E-state index is 13.4. The van der Waals surface area contributed by atoms with E-state index in [1.807, 2.05) is 0 Å². The Kier molecular flexibility index (Phi) is 5.00. The van der Waals surface area contributed by atoms with Crippen molar-refractivity contribution in [3.8, 4) is 0 Å². The molecule has 0 amide bonds. The standard InChI is InChI=1S/C15H11Cl2FN2O2/c1-8-10(3-2-4-13(8)18)15(21)22-20-14(19)11-6-5-9(16)7-12(11)17/h2-7H,1H3,(H2,19,20). The molecule has 2 N–H and O–H groups in total. The second kappa shape index (κ2) is 6.77. The minimum atomic E-state index is -0.815. The van der Waals surface area contributed by atoms with Gasteiger partial charge in [0.15, 0.2) is 5.84 Å². The van der Waals surface area contributed by atoms with Crippen molar-refractivity contribution in [3.63, 3.8) is 0 Å². The first-order valence-corrected chi connectivity index (χ1v) is 6.91. The molecule has 0 aliphatic rings. The van der Waals surface area contributed by atoms with E-state index in [9.17, 15) is 9.18 Å². The SMILES string of the molecule is Cc1c(F)cccc1C(=O)O/N=C(\N)c1ccc(Cl)cc1Cl. The Morgan fingerprint density at radius 3 is 2.64 bits per heavy atom. The molecule has 0 spiro atoms. The van der Waals surface area contributed by atoms with Gasteiger partial charge in [-0.1, -0.05) is 34.4 Å². The van der Waals surface area contributed by atoms with Crippen molar-refractivity contribution in [1.82, 2.24) is 0 Å². The zero-order valence-electron chi connectivity index (χ0n) is 11.4. The summed E-state index contributed by atoms with van der Waals surface area (Å²) in [6, 6.07) is 8.69. The quantitative estimate of drug-likeness (QED) is 0.398. The number of nitrogens with two attached hydrogens (primary N) is 1. The summed E-state index contributed by atoms with van der Waals surface area (Å²) < 4.78 is 13.4. The molecule has 0 aromatic heterocycles. The Balaban J connectivity index is 2.20. The topological polar surface area (TPSA) is 64.7 Å². The summed E-state index contributed by atoms with van der Waals surface area (Å²) in [5.41, 5.74) is 6.32. The van der Waals surface area contributed by atoms with Crippen molar-refractivity contribution in [2.24, 2.45) is 10.9 Å². The number of rotatable bonds is 3. The molecule has 7 heteroatoms. The third-order valence-electron chi connectivity index (χ3n) is 2.92. The smallest absolute Gasteiger partial charge is 0.366 e. The van der Waals surface area contributed by atoms with E-state index in [0.717, 1.165) is 0 Å². The Morgan fingerprint density at radius 2 is 1.95 bits per heavy atom. The Hall–Kier alpha value is -2.11. The molecular formula is C15H11Cl2FN2O2. The maximum Gasteiger partial charge on any atom is 0.366 e. The number of oxime groups is 1. The van der Waals surface area contributed by atoms with Crippen LogP contribution in [0.4, 0.5) is 4.39 Å². The van der Waals surface area contributed by atoms with E-state index >= 15 is 0 Å². The maximum absolute atomic E-state index is 13.4. The van der Waals surface area contributed by atoms with Crippen LogP contribution in [-0.2, 0) is 4.84 Å². The summed E-state index contributed by atoms with van der Waals surface area (Å²) in [5, 5.41) is 4.24. The van der Waals surface area contributed by atoms with Crippen LogP contribution in [0.25, 0.3) is 0 Å². The van der Waals surface area contributed by atoms with Crippen LogP contribution in [0.2, 0.25) is 10.0 Å². The molecule has 2 aromatic carbocycles. The van der Waals surface area contributed by atoms with Crippen LogP contribution in [0.3, 0.4) is 0 Å². The molecule has 2 aromatic rings. The number of carbonyl (C=O) groups is 1. The minimum Gasteiger partial charge on any atom is -0.380 e. The highest BCUT2D eigenvalue weighted by Crippen LogP contribution is 2.21. The number of hydrogen-bond acceptors (Lipinski definition) is 3. The molecule has 114 valence electrons. The van der Waals surface area contributed by atoms with Gasteiger partial charge in [0.25, 0.3) is 0 Å². The number of carbonyl (C=O) groups excluding carboxylic acids is 1. The first-order chi connectivity index (χ1) is 10.4. The van der Waals surface area contributed by atoms with E-state index < -0.39 is 11.8 Å². The summed E-state index contributed by atoms with van der Waals surface area (Å²) in [4.78, 5) is 16.6. The van der Waals surface area contributed by atoms with Gasteiger partial charge < -0.3 is 10.6 Å². The summed E-state index contributed by atoms with van der Waals surface area (Å²) in [7, 11) is 0. The predicted octanol–water partition coefficient (Wildman–Crippen LogP) is 3.92. The Morgan fingerprint density at radius 1 is 1.23 bits per heavy atom. The molecule has 0 saturated carbocycles. The summed E-state index contributed by atoms with van der Waals surface area (Å²) >= 11 is 11.7. The molecular weight excluding hydrogens is 330 g/mol. The summed E-state index contributed by atoms with van der Waals surface area (Å²) in [6.07, 6.45) is 0. The zero-order valence-corrected chi connectivity index (χ0v) is 13.0. The number of halogens is 3. The van der Waals surface area contributed by atoms with Crippen LogP contribution in [0.1, 0.15) is 21.5 Å². The Labute approximate surface area is 136 Å². The highest BCUT2D eigenvalue weighted by molar-refractivity contribution is 6.36. The zero-order chi connectivity index (χ0) is 16.3. The normalized spacial score (nSPS) is 11.4. The van der Waals surface area contributed by atoms with Crippen LogP contribution < -0.4 is 5.73 Å². The van der Waals surface area contributed by atoms with Crippen molar-refractivity contribution >= 4 is 35.0 Å². The molecule has 0 unspecified atom stereocenters. The van der Waals surface area contributed by atoms with Gasteiger partial charge in [-0.05, 0) is 42.8 Å². The third-order valence-corrected chi connectivity index (χ3v) is 3.47. The fourth-order valence-electron chi connectivity index (χ4n) is 1.71. The van der Waals surface area contributed by atoms with Crippen molar-refractivity contribution in [2.45, 2.75) is 6.92 Å². The van der Waals surface area contributed by atoms with E-state index in [-0.39, 0.29) is 22.0 Å². The third kappa shape index (κ3) is 3.55. The molecule has 0 radical (unpaired) electrons. The predicted molar refractivity (Wildman–Crippen MR) is 83.7 cm³/mol. The van der Waals surface area contributed by atoms with Crippen LogP contribution in [0.15, 0.2) is 41.6 Å². The van der Waals surface area contributed by atoms with Gasteiger partial charge in [0.2, 0.25) is 0 Å². The Bertz CT molecular complexity index is 763. The average Bonchev–Trinajstić information content (AvgIpc) is 2.47. The highest BCUT2D eigenvalue weighted by atomic mass is 35.5. The van der Waals surface area contributed by atoms with Crippen LogP contribution >= 0.6 is 23.2 Å². The van der Waals surface area contributed by atoms with Crippen molar-refractivity contribution < 1.29 is 14.0 Å². The molecule has 22 heavy (non-hydrogen) atoms. The minimum absolute atomic E-state index is 0.0683. The van der Waals surface area contributed by atoms with Gasteiger partial charge in [-0.15, -0.1) is 0 Å². The second-order valence-corrected chi connectivity index (χ2v) is 5.24. The van der Waals surface area contributed by atoms with Crippen LogP contribution in [0.5, 0.6) is 0 Å². The molecule has 0 bridgehead atoms. The van der Waals surface area contributed by atoms with Gasteiger partial charge in [-0.3, -0.25) is 0 Å². The van der Waals surface area contributed by atoms with Crippen molar-refractivity contribution in [1.29, 1.82) is 0 Å².